The average Bonchev–Trinajstić information content (AvgIpc) is 2.73. The molecule has 1 aliphatic rings. The molecular formula is C16H28N4O11. The summed E-state index contributed by atoms with van der Waals surface area (Å²) in [7, 11) is 0. The lowest BCUT2D eigenvalue weighted by Crippen LogP contribution is -2.65. The lowest BCUT2D eigenvalue weighted by molar-refractivity contribution is -0.270. The van der Waals surface area contributed by atoms with E-state index in [1.165, 1.54) is 0 Å². The minimum atomic E-state index is -1.56. The predicted octanol–water partition coefficient (Wildman–Crippen LogP) is -6.22. The maximum Gasteiger partial charge on any atom is 0.333 e. The number of nitrogens with two attached hydrogens (primary N) is 2. The van der Waals surface area contributed by atoms with Gasteiger partial charge >= 0.3 is 11.9 Å². The highest BCUT2D eigenvalue weighted by Crippen LogP contribution is 2.22. The standard InChI is InChI=1S/C16H28N4O11/c1-6(23)20-11-13(26)12(25)9(4-22)30-16(11)29-5-8(18)15(28)31-10(24)2-19-14(27)7(17)3-21/h7-9,11-13,16,21-22,25-26H,2-5,17-18H2,1H3,(H,19,27)(H,20,23)/t7-,8-,9+,11+,12-,13+,16-/m0/s1. The quantitative estimate of drug-likeness (QED) is 0.113. The second kappa shape index (κ2) is 12.6. The van der Waals surface area contributed by atoms with Crippen LogP contribution < -0.4 is 22.1 Å². The molecule has 0 aliphatic carbocycles. The summed E-state index contributed by atoms with van der Waals surface area (Å²) in [6.45, 7) is -1.46. The van der Waals surface area contributed by atoms with Crippen molar-refractivity contribution in [3.63, 3.8) is 0 Å². The molecule has 178 valence electrons. The molecule has 0 aromatic heterocycles. The summed E-state index contributed by atoms with van der Waals surface area (Å²) in [4.78, 5) is 46.2. The fraction of sp³-hybridized carbons (Fsp3) is 0.750. The van der Waals surface area contributed by atoms with E-state index in [4.69, 9.17) is 26.0 Å². The van der Waals surface area contributed by atoms with Crippen molar-refractivity contribution in [3.05, 3.63) is 0 Å². The second-order valence-corrected chi connectivity index (χ2v) is 6.67. The smallest absolute Gasteiger partial charge is 0.333 e. The van der Waals surface area contributed by atoms with E-state index in [9.17, 15) is 34.5 Å². The molecule has 0 unspecified atom stereocenters. The summed E-state index contributed by atoms with van der Waals surface area (Å²) < 4.78 is 15.0. The largest absolute Gasteiger partial charge is 0.394 e. The Morgan fingerprint density at radius 2 is 1.74 bits per heavy atom. The topological polar surface area (TPSA) is 253 Å². The maximum absolute atomic E-state index is 11.9. The fourth-order valence-corrected chi connectivity index (χ4v) is 2.48. The average molecular weight is 452 g/mol. The second-order valence-electron chi connectivity index (χ2n) is 6.67. The highest BCUT2D eigenvalue weighted by Gasteiger charge is 2.45. The van der Waals surface area contributed by atoms with E-state index in [0.29, 0.717) is 0 Å². The van der Waals surface area contributed by atoms with Crippen LogP contribution in [0.2, 0.25) is 0 Å². The number of rotatable bonds is 10. The molecule has 0 aromatic rings. The van der Waals surface area contributed by atoms with Gasteiger partial charge < -0.3 is 56.7 Å². The number of carbonyl (C=O) groups is 4. The van der Waals surface area contributed by atoms with Crippen molar-refractivity contribution in [2.24, 2.45) is 11.5 Å². The molecule has 0 aromatic carbocycles. The minimum Gasteiger partial charge on any atom is -0.394 e. The van der Waals surface area contributed by atoms with Gasteiger partial charge in [0, 0.05) is 6.92 Å². The Hall–Kier alpha value is -2.24. The monoisotopic (exact) mass is 452 g/mol. The SMILES string of the molecule is CC(=O)N[C@H]1[C@@H](OC[C@H](N)C(=O)OC(=O)CNC(=O)[C@@H](N)CO)O[C@H](CO)[C@H](O)[C@@H]1O. The van der Waals surface area contributed by atoms with Crippen molar-refractivity contribution in [2.45, 2.75) is 49.7 Å². The van der Waals surface area contributed by atoms with Crippen LogP contribution in [-0.2, 0) is 33.4 Å². The molecule has 1 heterocycles. The number of hydrogen-bond donors (Lipinski definition) is 8. The molecule has 1 saturated heterocycles. The number of ether oxygens (including phenoxy) is 3. The fourth-order valence-electron chi connectivity index (χ4n) is 2.48. The number of hydrogen-bond acceptors (Lipinski definition) is 13. The van der Waals surface area contributed by atoms with Gasteiger partial charge in [0.05, 0.1) is 19.8 Å². The first-order valence-corrected chi connectivity index (χ1v) is 9.17. The van der Waals surface area contributed by atoms with Gasteiger partial charge in [0.15, 0.2) is 6.29 Å². The van der Waals surface area contributed by atoms with Crippen LogP contribution in [0.3, 0.4) is 0 Å². The van der Waals surface area contributed by atoms with Crippen LogP contribution in [0.5, 0.6) is 0 Å². The Kier molecular flexibility index (Phi) is 10.9. The van der Waals surface area contributed by atoms with Gasteiger partial charge in [-0.1, -0.05) is 0 Å². The molecule has 0 bridgehead atoms. The number of nitrogens with one attached hydrogen (secondary N) is 2. The molecule has 0 spiro atoms. The summed E-state index contributed by atoms with van der Waals surface area (Å²) >= 11 is 0. The van der Waals surface area contributed by atoms with Crippen LogP contribution in [0.1, 0.15) is 6.92 Å². The number of carbonyl (C=O) groups excluding carboxylic acids is 4. The van der Waals surface area contributed by atoms with Gasteiger partial charge in [-0.05, 0) is 0 Å². The highest BCUT2D eigenvalue weighted by atomic mass is 16.7. The van der Waals surface area contributed by atoms with E-state index >= 15 is 0 Å². The van der Waals surface area contributed by atoms with Crippen molar-refractivity contribution >= 4 is 23.8 Å². The van der Waals surface area contributed by atoms with Gasteiger partial charge in [0.2, 0.25) is 11.8 Å². The van der Waals surface area contributed by atoms with Crippen molar-refractivity contribution in [1.29, 1.82) is 0 Å². The van der Waals surface area contributed by atoms with Crippen LogP contribution >= 0.6 is 0 Å². The lowest BCUT2D eigenvalue weighted by Gasteiger charge is -2.42. The molecule has 2 amide bonds. The molecule has 15 heteroatoms. The zero-order valence-corrected chi connectivity index (χ0v) is 16.7. The van der Waals surface area contributed by atoms with Crippen LogP contribution in [0.15, 0.2) is 0 Å². The lowest BCUT2D eigenvalue weighted by atomic mass is 9.97. The van der Waals surface area contributed by atoms with Crippen LogP contribution in [0.25, 0.3) is 0 Å². The molecule has 10 N–H and O–H groups in total. The molecular weight excluding hydrogens is 424 g/mol. The maximum atomic E-state index is 11.9. The molecule has 0 saturated carbocycles. The third-order valence-corrected chi connectivity index (χ3v) is 4.15. The van der Waals surface area contributed by atoms with Gasteiger partial charge in [-0.3, -0.25) is 9.59 Å². The summed E-state index contributed by atoms with van der Waals surface area (Å²) in [5, 5.41) is 42.4. The Bertz CT molecular complexity index is 649. The predicted molar refractivity (Wildman–Crippen MR) is 98.5 cm³/mol. The van der Waals surface area contributed by atoms with E-state index in [-0.39, 0.29) is 0 Å². The highest BCUT2D eigenvalue weighted by molar-refractivity contribution is 5.91. The van der Waals surface area contributed by atoms with Crippen molar-refractivity contribution in [2.75, 3.05) is 26.4 Å². The molecule has 31 heavy (non-hydrogen) atoms. The van der Waals surface area contributed by atoms with Gasteiger partial charge in [0.1, 0.15) is 43.0 Å². The van der Waals surface area contributed by atoms with E-state index in [2.05, 4.69) is 10.1 Å². The number of aliphatic hydroxyl groups excluding tert-OH is 4. The van der Waals surface area contributed by atoms with Gasteiger partial charge in [-0.2, -0.15) is 0 Å². The van der Waals surface area contributed by atoms with Crippen molar-refractivity contribution < 1.29 is 53.8 Å². The summed E-state index contributed by atoms with van der Waals surface area (Å²) in [5.41, 5.74) is 10.8. The molecule has 1 fully saturated rings. The zero-order valence-electron chi connectivity index (χ0n) is 16.7. The molecule has 15 nitrogen and oxygen atoms in total. The molecule has 7 atom stereocenters. The zero-order chi connectivity index (χ0) is 23.7. The summed E-state index contributed by atoms with van der Waals surface area (Å²) in [6, 6.07) is -3.99. The van der Waals surface area contributed by atoms with E-state index in [0.717, 1.165) is 6.92 Å². The molecule has 1 rings (SSSR count). The first-order valence-electron chi connectivity index (χ1n) is 9.17. The van der Waals surface area contributed by atoms with Crippen LogP contribution in [0.4, 0.5) is 0 Å². The Morgan fingerprint density at radius 1 is 1.10 bits per heavy atom. The molecule has 1 aliphatic heterocycles. The first-order chi connectivity index (χ1) is 14.5. The number of esters is 2. The van der Waals surface area contributed by atoms with E-state index < -0.39 is 92.8 Å². The first kappa shape index (κ1) is 26.8. The minimum absolute atomic E-state index is 0.576. The van der Waals surface area contributed by atoms with Crippen molar-refractivity contribution in [1.82, 2.24) is 10.6 Å². The van der Waals surface area contributed by atoms with Crippen LogP contribution in [-0.4, -0.2) is 113 Å². The number of amides is 2. The summed E-state index contributed by atoms with van der Waals surface area (Å²) in [6.07, 6.45) is -5.71. The van der Waals surface area contributed by atoms with E-state index in [1.54, 1.807) is 0 Å². The van der Waals surface area contributed by atoms with Crippen molar-refractivity contribution in [3.8, 4) is 0 Å². The Morgan fingerprint density at radius 3 is 2.29 bits per heavy atom. The third-order valence-electron chi connectivity index (χ3n) is 4.15. The summed E-state index contributed by atoms with van der Waals surface area (Å²) in [5.74, 6) is -3.77. The molecule has 0 radical (unpaired) electrons. The third kappa shape index (κ3) is 8.08. The van der Waals surface area contributed by atoms with Gasteiger partial charge in [-0.15, -0.1) is 0 Å². The normalized spacial score (nSPS) is 27.6. The van der Waals surface area contributed by atoms with E-state index in [1.807, 2.05) is 5.32 Å². The Balaban J connectivity index is 2.59. The van der Waals surface area contributed by atoms with Gasteiger partial charge in [-0.25, -0.2) is 9.59 Å². The van der Waals surface area contributed by atoms with Crippen LogP contribution in [0, 0.1) is 0 Å². The Labute approximate surface area is 176 Å². The number of aliphatic hydroxyl groups is 4. The van der Waals surface area contributed by atoms with Gasteiger partial charge in [0.25, 0.3) is 0 Å².